The fourth-order valence-corrected chi connectivity index (χ4v) is 4.69. The van der Waals surface area contributed by atoms with Crippen molar-refractivity contribution < 1.29 is 22.6 Å². The van der Waals surface area contributed by atoms with E-state index < -0.39 is 10.0 Å². The number of sulfonamides is 1. The Balaban J connectivity index is 1.42. The van der Waals surface area contributed by atoms with Gasteiger partial charge in [0, 0.05) is 44.5 Å². The van der Waals surface area contributed by atoms with Crippen LogP contribution in [0.25, 0.3) is 0 Å². The van der Waals surface area contributed by atoms with E-state index in [0.717, 1.165) is 44.9 Å². The predicted octanol–water partition coefficient (Wildman–Crippen LogP) is 2.20. The number of nitrogens with zero attached hydrogens (tertiary/aromatic N) is 2. The fraction of sp³-hybridized carbons (Fsp3) is 0.455. The average Bonchev–Trinajstić information content (AvgIpc) is 2.81. The summed E-state index contributed by atoms with van der Waals surface area (Å²) in [6.45, 7) is 5.04. The van der Waals surface area contributed by atoms with Gasteiger partial charge in [0.05, 0.1) is 26.2 Å². The maximum Gasteiger partial charge on any atom is 0.240 e. The average molecular weight is 450 g/mol. The molecule has 0 atom stereocenters. The Hall–Kier alpha value is -2.49. The minimum absolute atomic E-state index is 0.165. The van der Waals surface area contributed by atoms with E-state index in [-0.39, 0.29) is 4.90 Å². The molecule has 31 heavy (non-hydrogen) atoms. The minimum Gasteiger partial charge on any atom is -0.497 e. The molecule has 1 saturated heterocycles. The van der Waals surface area contributed by atoms with Crippen molar-refractivity contribution >= 4 is 15.7 Å². The SMILES string of the molecule is COc1ccc(N2CCN(CCCNS(=O)(=O)c3ccc(OC)c(OC)c3)CC2)cc1. The summed E-state index contributed by atoms with van der Waals surface area (Å²) in [5, 5.41) is 0. The fourth-order valence-electron chi connectivity index (χ4n) is 3.60. The van der Waals surface area contributed by atoms with Gasteiger partial charge in [0.25, 0.3) is 0 Å². The third-order valence-electron chi connectivity index (χ3n) is 5.42. The maximum absolute atomic E-state index is 12.6. The molecule has 8 nitrogen and oxygen atoms in total. The third-order valence-corrected chi connectivity index (χ3v) is 6.88. The van der Waals surface area contributed by atoms with Gasteiger partial charge in [0.15, 0.2) is 11.5 Å². The van der Waals surface area contributed by atoms with Crippen LogP contribution >= 0.6 is 0 Å². The summed E-state index contributed by atoms with van der Waals surface area (Å²) in [6.07, 6.45) is 0.745. The monoisotopic (exact) mass is 449 g/mol. The second kappa shape index (κ2) is 10.7. The van der Waals surface area contributed by atoms with Crippen molar-refractivity contribution in [2.45, 2.75) is 11.3 Å². The molecular formula is C22H31N3O5S. The van der Waals surface area contributed by atoms with Crippen molar-refractivity contribution in [1.82, 2.24) is 9.62 Å². The number of rotatable bonds is 10. The van der Waals surface area contributed by atoms with Gasteiger partial charge in [0.2, 0.25) is 10.0 Å². The van der Waals surface area contributed by atoms with E-state index in [4.69, 9.17) is 14.2 Å². The largest absolute Gasteiger partial charge is 0.497 e. The Bertz CT molecular complexity index is 942. The topological polar surface area (TPSA) is 80.3 Å². The summed E-state index contributed by atoms with van der Waals surface area (Å²) in [6, 6.07) is 12.7. The van der Waals surface area contributed by atoms with E-state index in [2.05, 4.69) is 26.7 Å². The first-order valence-electron chi connectivity index (χ1n) is 10.3. The van der Waals surface area contributed by atoms with Gasteiger partial charge < -0.3 is 19.1 Å². The first-order chi connectivity index (χ1) is 15.0. The first kappa shape index (κ1) is 23.2. The van der Waals surface area contributed by atoms with Crippen LogP contribution in [-0.4, -0.2) is 73.9 Å². The molecule has 0 spiro atoms. The number of piperazine rings is 1. The molecule has 170 valence electrons. The Labute approximate surface area is 184 Å². The number of hydrogen-bond acceptors (Lipinski definition) is 7. The van der Waals surface area contributed by atoms with Gasteiger partial charge >= 0.3 is 0 Å². The molecule has 0 saturated carbocycles. The molecule has 0 radical (unpaired) electrons. The molecule has 0 amide bonds. The lowest BCUT2D eigenvalue weighted by molar-refractivity contribution is 0.255. The lowest BCUT2D eigenvalue weighted by Crippen LogP contribution is -2.47. The minimum atomic E-state index is -3.59. The van der Waals surface area contributed by atoms with Gasteiger partial charge in [-0.15, -0.1) is 0 Å². The number of benzene rings is 2. The number of ether oxygens (including phenoxy) is 3. The number of hydrogen-bond donors (Lipinski definition) is 1. The molecule has 1 fully saturated rings. The molecule has 1 aliphatic rings. The van der Waals surface area contributed by atoms with Crippen LogP contribution in [0.2, 0.25) is 0 Å². The molecule has 2 aromatic carbocycles. The molecule has 0 aliphatic carbocycles. The summed E-state index contributed by atoms with van der Waals surface area (Å²) in [5.41, 5.74) is 1.20. The normalized spacial score (nSPS) is 15.0. The van der Waals surface area contributed by atoms with Crippen molar-refractivity contribution in [3.63, 3.8) is 0 Å². The second-order valence-electron chi connectivity index (χ2n) is 7.29. The highest BCUT2D eigenvalue weighted by Crippen LogP contribution is 2.29. The van der Waals surface area contributed by atoms with Gasteiger partial charge in [0.1, 0.15) is 5.75 Å². The van der Waals surface area contributed by atoms with E-state index in [1.54, 1.807) is 13.2 Å². The van der Waals surface area contributed by atoms with Gasteiger partial charge in [-0.3, -0.25) is 4.90 Å². The van der Waals surface area contributed by atoms with E-state index >= 15 is 0 Å². The summed E-state index contributed by atoms with van der Waals surface area (Å²) in [5.74, 6) is 1.74. The highest BCUT2D eigenvalue weighted by Gasteiger charge is 2.19. The van der Waals surface area contributed by atoms with Crippen molar-refractivity contribution in [2.75, 3.05) is 65.5 Å². The van der Waals surface area contributed by atoms with Crippen LogP contribution in [0.15, 0.2) is 47.4 Å². The molecule has 1 heterocycles. The lowest BCUT2D eigenvalue weighted by Gasteiger charge is -2.36. The van der Waals surface area contributed by atoms with Crippen LogP contribution < -0.4 is 23.8 Å². The van der Waals surface area contributed by atoms with Crippen LogP contribution in [0, 0.1) is 0 Å². The highest BCUT2D eigenvalue weighted by molar-refractivity contribution is 7.89. The Morgan fingerprint density at radius 2 is 1.55 bits per heavy atom. The zero-order valence-electron chi connectivity index (χ0n) is 18.3. The van der Waals surface area contributed by atoms with Crippen molar-refractivity contribution in [3.8, 4) is 17.2 Å². The van der Waals surface area contributed by atoms with Crippen LogP contribution in [0.4, 0.5) is 5.69 Å². The Morgan fingerprint density at radius 1 is 0.871 bits per heavy atom. The lowest BCUT2D eigenvalue weighted by atomic mass is 10.2. The molecule has 0 unspecified atom stereocenters. The standard InChI is InChI=1S/C22H31N3O5S/c1-28-19-7-5-18(6-8-19)25-15-13-24(14-16-25)12-4-11-23-31(26,27)20-9-10-21(29-2)22(17-20)30-3/h5-10,17,23H,4,11-16H2,1-3H3. The van der Waals surface area contributed by atoms with Crippen LogP contribution in [0.1, 0.15) is 6.42 Å². The van der Waals surface area contributed by atoms with E-state index in [0.29, 0.717) is 18.0 Å². The molecule has 0 bridgehead atoms. The third kappa shape index (κ3) is 6.03. The summed E-state index contributed by atoms with van der Waals surface area (Å²) in [4.78, 5) is 4.89. The van der Waals surface area contributed by atoms with Gasteiger partial charge in [-0.2, -0.15) is 0 Å². The molecule has 3 rings (SSSR count). The summed E-state index contributed by atoms with van der Waals surface area (Å²) in [7, 11) is 1.07. The molecular weight excluding hydrogens is 418 g/mol. The Morgan fingerprint density at radius 3 is 2.16 bits per heavy atom. The van der Waals surface area contributed by atoms with E-state index in [1.165, 1.54) is 32.0 Å². The molecule has 1 N–H and O–H groups in total. The quantitative estimate of drug-likeness (QED) is 0.557. The number of anilines is 1. The summed E-state index contributed by atoms with van der Waals surface area (Å²) < 4.78 is 43.4. The van der Waals surface area contributed by atoms with Crippen LogP contribution in [-0.2, 0) is 10.0 Å². The van der Waals surface area contributed by atoms with E-state index in [9.17, 15) is 8.42 Å². The van der Waals surface area contributed by atoms with Crippen molar-refractivity contribution in [1.29, 1.82) is 0 Å². The van der Waals surface area contributed by atoms with Gasteiger partial charge in [-0.25, -0.2) is 13.1 Å². The Kier molecular flexibility index (Phi) is 8.00. The summed E-state index contributed by atoms with van der Waals surface area (Å²) >= 11 is 0. The molecule has 1 aliphatic heterocycles. The number of methoxy groups -OCH3 is 3. The molecule has 2 aromatic rings. The van der Waals surface area contributed by atoms with Crippen molar-refractivity contribution in [3.05, 3.63) is 42.5 Å². The van der Waals surface area contributed by atoms with Crippen LogP contribution in [0.3, 0.4) is 0 Å². The number of nitrogens with one attached hydrogen (secondary N) is 1. The smallest absolute Gasteiger partial charge is 0.240 e. The van der Waals surface area contributed by atoms with Gasteiger partial charge in [-0.1, -0.05) is 0 Å². The van der Waals surface area contributed by atoms with Gasteiger partial charge in [-0.05, 0) is 49.4 Å². The first-order valence-corrected chi connectivity index (χ1v) is 11.8. The maximum atomic E-state index is 12.6. The van der Waals surface area contributed by atoms with Crippen LogP contribution in [0.5, 0.6) is 17.2 Å². The molecule has 9 heteroatoms. The molecule has 0 aromatic heterocycles. The second-order valence-corrected chi connectivity index (χ2v) is 9.06. The zero-order chi connectivity index (χ0) is 22.3. The highest BCUT2D eigenvalue weighted by atomic mass is 32.2. The van der Waals surface area contributed by atoms with E-state index in [1.807, 2.05) is 12.1 Å². The van der Waals surface area contributed by atoms with Crippen molar-refractivity contribution in [2.24, 2.45) is 0 Å². The predicted molar refractivity (Wildman–Crippen MR) is 121 cm³/mol. The zero-order valence-corrected chi connectivity index (χ0v) is 19.2.